The normalized spacial score (nSPS) is 13.1. The molecule has 2 N–H and O–H groups in total. The van der Waals surface area contributed by atoms with Gasteiger partial charge < -0.3 is 5.73 Å². The summed E-state index contributed by atoms with van der Waals surface area (Å²) in [4.78, 5) is 10.3. The third-order valence-corrected chi connectivity index (χ3v) is 1.60. The maximum Gasteiger partial charge on any atom is 0.235 e. The quantitative estimate of drug-likeness (QED) is 0.630. The lowest BCUT2D eigenvalue weighted by Crippen LogP contribution is -2.23. The van der Waals surface area contributed by atoms with Gasteiger partial charge in [0.2, 0.25) is 5.91 Å². The van der Waals surface area contributed by atoms with Crippen LogP contribution in [0.4, 0.5) is 0 Å². The van der Waals surface area contributed by atoms with Gasteiger partial charge in [0.05, 0.1) is 0 Å². The Morgan fingerprint density at radius 3 is 2.56 bits per heavy atom. The van der Waals surface area contributed by atoms with E-state index in [0.717, 1.165) is 6.42 Å². The smallest absolute Gasteiger partial charge is 0.235 e. The molecule has 0 aromatic heterocycles. The Balaban J connectivity index is 3.27. The summed E-state index contributed by atoms with van der Waals surface area (Å²) in [5.74, 6) is 0.0537. The highest BCUT2D eigenvalue weighted by Crippen LogP contribution is 2.04. The van der Waals surface area contributed by atoms with Crippen LogP contribution in [-0.2, 0) is 4.79 Å². The van der Waals surface area contributed by atoms with Gasteiger partial charge in [-0.1, -0.05) is 0 Å². The lowest BCUT2D eigenvalue weighted by atomic mass is 10.2. The summed E-state index contributed by atoms with van der Waals surface area (Å²) in [6.07, 6.45) is 1.30. The van der Waals surface area contributed by atoms with Gasteiger partial charge in [-0.25, -0.2) is 0 Å². The fourth-order valence-corrected chi connectivity index (χ4v) is 0.707. The van der Waals surface area contributed by atoms with Gasteiger partial charge in [0.1, 0.15) is 5.38 Å². The van der Waals surface area contributed by atoms with Crippen LogP contribution in [0.25, 0.3) is 0 Å². The van der Waals surface area contributed by atoms with Gasteiger partial charge in [0.15, 0.2) is 0 Å². The second-order valence-corrected chi connectivity index (χ2v) is 2.61. The van der Waals surface area contributed by atoms with Crippen LogP contribution in [0.1, 0.15) is 12.8 Å². The van der Waals surface area contributed by atoms with Crippen molar-refractivity contribution in [2.24, 2.45) is 5.73 Å². The summed E-state index contributed by atoms with van der Waals surface area (Å²) >= 11 is 10.8. The summed E-state index contributed by atoms with van der Waals surface area (Å²) in [6.45, 7) is 0. The fourth-order valence-electron chi connectivity index (χ4n) is 0.399. The number of nitrogens with two attached hydrogens (primary N) is 1. The zero-order valence-corrected chi connectivity index (χ0v) is 6.45. The second kappa shape index (κ2) is 4.89. The number of carbonyl (C=O) groups is 1. The van der Waals surface area contributed by atoms with Gasteiger partial charge in [-0.3, -0.25) is 4.79 Å². The lowest BCUT2D eigenvalue weighted by molar-refractivity contribution is -0.117. The maximum absolute atomic E-state index is 10.3. The molecule has 1 amide bonds. The molecule has 0 aromatic carbocycles. The minimum atomic E-state index is -0.552. The van der Waals surface area contributed by atoms with E-state index in [1.807, 2.05) is 0 Å². The van der Waals surface area contributed by atoms with Gasteiger partial charge in [0, 0.05) is 5.88 Å². The molecule has 0 aliphatic rings. The first-order chi connectivity index (χ1) is 4.18. The van der Waals surface area contributed by atoms with E-state index >= 15 is 0 Å². The molecule has 0 saturated carbocycles. The molecule has 0 saturated heterocycles. The Labute approximate surface area is 64.3 Å². The Bertz CT molecular complexity index is 97.0. The molecule has 4 heteroatoms. The van der Waals surface area contributed by atoms with Crippen molar-refractivity contribution in [3.05, 3.63) is 0 Å². The summed E-state index contributed by atoms with van der Waals surface area (Å²) in [6, 6.07) is 0. The fraction of sp³-hybridized carbons (Fsp3) is 0.800. The van der Waals surface area contributed by atoms with Crippen molar-refractivity contribution in [1.82, 2.24) is 0 Å². The first-order valence-electron chi connectivity index (χ1n) is 2.68. The summed E-state index contributed by atoms with van der Waals surface area (Å²) in [5, 5.41) is -0.552. The molecule has 9 heavy (non-hydrogen) atoms. The van der Waals surface area contributed by atoms with Gasteiger partial charge in [-0.15, -0.1) is 23.2 Å². The molecule has 0 radical (unpaired) electrons. The molecule has 0 aliphatic heterocycles. The molecule has 0 aromatic rings. The molecule has 0 heterocycles. The molecule has 0 fully saturated rings. The monoisotopic (exact) mass is 169 g/mol. The third-order valence-electron chi connectivity index (χ3n) is 0.900. The zero-order chi connectivity index (χ0) is 7.28. The van der Waals surface area contributed by atoms with Crippen LogP contribution in [0.2, 0.25) is 0 Å². The Hall–Kier alpha value is 0.0500. The number of primary amides is 1. The molecule has 2 nitrogen and oxygen atoms in total. The zero-order valence-electron chi connectivity index (χ0n) is 4.94. The summed E-state index contributed by atoms with van der Waals surface area (Å²) < 4.78 is 0. The van der Waals surface area contributed by atoms with Crippen molar-refractivity contribution in [1.29, 1.82) is 0 Å². The van der Waals surface area contributed by atoms with Crippen molar-refractivity contribution in [2.45, 2.75) is 18.2 Å². The van der Waals surface area contributed by atoms with E-state index in [4.69, 9.17) is 28.9 Å². The Morgan fingerprint density at radius 1 is 1.67 bits per heavy atom. The molecular weight excluding hydrogens is 161 g/mol. The van der Waals surface area contributed by atoms with Crippen molar-refractivity contribution < 1.29 is 4.79 Å². The van der Waals surface area contributed by atoms with Crippen LogP contribution in [0.3, 0.4) is 0 Å². The molecule has 54 valence electrons. The predicted molar refractivity (Wildman–Crippen MR) is 38.8 cm³/mol. The van der Waals surface area contributed by atoms with E-state index < -0.39 is 11.3 Å². The predicted octanol–water partition coefficient (Wildman–Crippen LogP) is 1.10. The van der Waals surface area contributed by atoms with Crippen LogP contribution in [-0.4, -0.2) is 17.2 Å². The lowest BCUT2D eigenvalue weighted by Gasteiger charge is -2.00. The molecule has 0 spiro atoms. The van der Waals surface area contributed by atoms with Gasteiger partial charge in [-0.2, -0.15) is 0 Å². The highest BCUT2D eigenvalue weighted by atomic mass is 35.5. The first-order valence-corrected chi connectivity index (χ1v) is 3.65. The van der Waals surface area contributed by atoms with Crippen molar-refractivity contribution in [3.63, 3.8) is 0 Å². The molecule has 1 atom stereocenters. The molecule has 0 rings (SSSR count). The minimum absolute atomic E-state index is 0.471. The van der Waals surface area contributed by atoms with E-state index in [1.165, 1.54) is 0 Å². The SMILES string of the molecule is NC(=O)C(Cl)CCCCl. The number of hydrogen-bond donors (Lipinski definition) is 1. The third kappa shape index (κ3) is 4.55. The number of rotatable bonds is 4. The summed E-state index contributed by atoms with van der Waals surface area (Å²) in [5.41, 5.74) is 4.86. The van der Waals surface area contributed by atoms with Crippen LogP contribution < -0.4 is 5.73 Å². The minimum Gasteiger partial charge on any atom is -0.368 e. The van der Waals surface area contributed by atoms with Crippen molar-refractivity contribution >= 4 is 29.1 Å². The molecule has 1 unspecified atom stereocenters. The first kappa shape index (κ1) is 9.05. The van der Waals surface area contributed by atoms with E-state index in [0.29, 0.717) is 12.3 Å². The number of carbonyl (C=O) groups excluding carboxylic acids is 1. The van der Waals surface area contributed by atoms with E-state index in [1.54, 1.807) is 0 Å². The number of halogens is 2. The summed E-state index contributed by atoms with van der Waals surface area (Å²) in [7, 11) is 0. The standard InChI is InChI=1S/C5H9Cl2NO/c6-3-1-2-4(7)5(8)9/h4H,1-3H2,(H2,8,9). The van der Waals surface area contributed by atoms with E-state index in [2.05, 4.69) is 0 Å². The number of amides is 1. The van der Waals surface area contributed by atoms with Gasteiger partial charge in [-0.05, 0) is 12.8 Å². The van der Waals surface area contributed by atoms with Crippen LogP contribution in [0.5, 0.6) is 0 Å². The number of alkyl halides is 2. The average Bonchev–Trinajstić information content (AvgIpc) is 1.82. The average molecular weight is 170 g/mol. The van der Waals surface area contributed by atoms with Gasteiger partial charge >= 0.3 is 0 Å². The van der Waals surface area contributed by atoms with E-state index in [9.17, 15) is 4.79 Å². The Morgan fingerprint density at radius 2 is 2.22 bits per heavy atom. The van der Waals surface area contributed by atoms with Crippen LogP contribution in [0, 0.1) is 0 Å². The number of hydrogen-bond acceptors (Lipinski definition) is 1. The van der Waals surface area contributed by atoms with E-state index in [-0.39, 0.29) is 0 Å². The van der Waals surface area contributed by atoms with Crippen LogP contribution >= 0.6 is 23.2 Å². The highest BCUT2D eigenvalue weighted by Gasteiger charge is 2.08. The highest BCUT2D eigenvalue weighted by molar-refractivity contribution is 6.30. The molecule has 0 bridgehead atoms. The molecule has 0 aliphatic carbocycles. The largest absolute Gasteiger partial charge is 0.368 e. The Kier molecular flexibility index (Phi) is 4.91. The van der Waals surface area contributed by atoms with Crippen molar-refractivity contribution in [3.8, 4) is 0 Å². The topological polar surface area (TPSA) is 43.1 Å². The van der Waals surface area contributed by atoms with Gasteiger partial charge in [0.25, 0.3) is 0 Å². The maximum atomic E-state index is 10.3. The van der Waals surface area contributed by atoms with Crippen LogP contribution in [0.15, 0.2) is 0 Å². The molecular formula is C5H9Cl2NO. The van der Waals surface area contributed by atoms with Crippen molar-refractivity contribution in [2.75, 3.05) is 5.88 Å². The second-order valence-electron chi connectivity index (χ2n) is 1.70.